The van der Waals surface area contributed by atoms with Crippen LogP contribution in [-0.4, -0.2) is 58.8 Å². The lowest BCUT2D eigenvalue weighted by Gasteiger charge is -2.29. The van der Waals surface area contributed by atoms with Crippen LogP contribution in [0.15, 0.2) is 0 Å². The fourth-order valence-electron chi connectivity index (χ4n) is 2.64. The van der Waals surface area contributed by atoms with Crippen LogP contribution in [0.25, 0.3) is 0 Å². The van der Waals surface area contributed by atoms with Crippen LogP contribution in [0.5, 0.6) is 0 Å². The predicted molar refractivity (Wildman–Crippen MR) is 118 cm³/mol. The number of carbonyl (C=O) groups is 2. The minimum Gasteiger partial charge on any atom is -0.380 e. The normalized spacial score (nSPS) is 15.8. The highest BCUT2D eigenvalue weighted by atomic mass is 127. The number of alkyl halides is 1. The molecule has 0 rings (SSSR count). The highest BCUT2D eigenvalue weighted by Crippen LogP contribution is 2.23. The molecule has 0 aromatic carbocycles. The van der Waals surface area contributed by atoms with Crippen molar-refractivity contribution in [2.45, 2.75) is 75.8 Å². The minimum atomic E-state index is -4.45. The zero-order valence-electron chi connectivity index (χ0n) is 17.7. The number of rotatable bonds is 13. The fourth-order valence-corrected chi connectivity index (χ4v) is 3.86. The van der Waals surface area contributed by atoms with E-state index in [1.165, 1.54) is 0 Å². The van der Waals surface area contributed by atoms with Crippen molar-refractivity contribution in [3.8, 4) is 0 Å². The first-order valence-electron chi connectivity index (χ1n) is 9.40. The van der Waals surface area contributed by atoms with Gasteiger partial charge in [0.15, 0.2) is 0 Å². The smallest absolute Gasteiger partial charge is 0.267 e. The Morgan fingerprint density at radius 1 is 1.21 bits per heavy atom. The number of hydrogen-bond donors (Lipinski definition) is 3. The summed E-state index contributed by atoms with van der Waals surface area (Å²) in [6.07, 6.45) is 1.55. The van der Waals surface area contributed by atoms with E-state index in [1.54, 1.807) is 0 Å². The van der Waals surface area contributed by atoms with Crippen LogP contribution in [0.1, 0.15) is 60.8 Å². The molecule has 0 saturated carbocycles. The lowest BCUT2D eigenvalue weighted by atomic mass is 9.98. The van der Waals surface area contributed by atoms with E-state index in [4.69, 9.17) is 4.74 Å². The SMILES string of the molecule is CCCC(C)(C)NC(=O)C(CS(=O)(=O)O)NC(=O)CC(C)(I)COCC(C)C. The molecule has 0 radical (unpaired) electrons. The predicted octanol–water partition coefficient (Wildman–Crippen LogP) is 2.31. The van der Waals surface area contributed by atoms with Crippen LogP contribution >= 0.6 is 22.6 Å². The van der Waals surface area contributed by atoms with Gasteiger partial charge in [0.25, 0.3) is 10.1 Å². The van der Waals surface area contributed by atoms with E-state index in [-0.39, 0.29) is 6.42 Å². The average molecular weight is 534 g/mol. The molecule has 2 amide bonds. The number of halogens is 1. The quantitative estimate of drug-likeness (QED) is 0.190. The third-order valence-corrected chi connectivity index (χ3v) is 5.20. The van der Waals surface area contributed by atoms with Gasteiger partial charge in [0, 0.05) is 18.6 Å². The van der Waals surface area contributed by atoms with Crippen LogP contribution in [0.3, 0.4) is 0 Å². The number of amides is 2. The first-order valence-corrected chi connectivity index (χ1v) is 12.1. The molecule has 0 aromatic heterocycles. The van der Waals surface area contributed by atoms with E-state index >= 15 is 0 Å². The van der Waals surface area contributed by atoms with Crippen molar-refractivity contribution in [3.05, 3.63) is 0 Å². The van der Waals surface area contributed by atoms with E-state index in [0.29, 0.717) is 25.6 Å². The van der Waals surface area contributed by atoms with Crippen molar-refractivity contribution in [1.82, 2.24) is 10.6 Å². The lowest BCUT2D eigenvalue weighted by Crippen LogP contribution is -2.56. The zero-order valence-corrected chi connectivity index (χ0v) is 20.6. The van der Waals surface area contributed by atoms with E-state index in [1.807, 2.05) is 41.5 Å². The summed E-state index contributed by atoms with van der Waals surface area (Å²) < 4.78 is 36.9. The number of nitrogens with one attached hydrogen (secondary N) is 2. The molecule has 2 unspecified atom stereocenters. The number of ether oxygens (including phenoxy) is 1. The topological polar surface area (TPSA) is 122 Å². The highest BCUT2D eigenvalue weighted by Gasteiger charge is 2.32. The molecular weight excluding hydrogens is 499 g/mol. The Morgan fingerprint density at radius 3 is 2.25 bits per heavy atom. The maximum atomic E-state index is 12.5. The molecule has 166 valence electrons. The van der Waals surface area contributed by atoms with Crippen LogP contribution < -0.4 is 10.6 Å². The molecule has 0 fully saturated rings. The second-order valence-electron chi connectivity index (χ2n) is 8.49. The molecule has 3 N–H and O–H groups in total. The molecule has 0 aliphatic rings. The van der Waals surface area contributed by atoms with Gasteiger partial charge in [-0.25, -0.2) is 0 Å². The summed E-state index contributed by atoms with van der Waals surface area (Å²) in [4.78, 5) is 25.0. The molecule has 0 spiro atoms. The maximum absolute atomic E-state index is 12.5. The maximum Gasteiger partial charge on any atom is 0.267 e. The summed E-state index contributed by atoms with van der Waals surface area (Å²) >= 11 is 2.11. The van der Waals surface area contributed by atoms with Gasteiger partial charge in [-0.2, -0.15) is 8.42 Å². The molecule has 0 aromatic rings. The molecule has 0 aliphatic heterocycles. The standard InChI is InChI=1S/C18H35IN2O6S/c1-7-8-17(4,5)21-16(23)14(11-28(24,25)26)20-15(22)9-18(6,19)12-27-10-13(2)3/h13-14H,7-12H2,1-6H3,(H,20,22)(H,21,23)(H,24,25,26). The van der Waals surface area contributed by atoms with Gasteiger partial charge in [0.2, 0.25) is 11.8 Å². The Morgan fingerprint density at radius 2 is 1.79 bits per heavy atom. The summed E-state index contributed by atoms with van der Waals surface area (Å²) in [7, 11) is -4.45. The first kappa shape index (κ1) is 27.5. The molecule has 0 heterocycles. The van der Waals surface area contributed by atoms with Crippen molar-refractivity contribution >= 4 is 44.5 Å². The fraction of sp³-hybridized carbons (Fsp3) is 0.889. The summed E-state index contributed by atoms with van der Waals surface area (Å²) in [5, 5.41) is 5.18. The van der Waals surface area contributed by atoms with Gasteiger partial charge in [0.05, 0.1) is 10.0 Å². The second kappa shape index (κ2) is 11.7. The van der Waals surface area contributed by atoms with Gasteiger partial charge < -0.3 is 15.4 Å². The van der Waals surface area contributed by atoms with Gasteiger partial charge in [-0.1, -0.05) is 49.8 Å². The third-order valence-electron chi connectivity index (χ3n) is 3.75. The van der Waals surface area contributed by atoms with Gasteiger partial charge in [-0.05, 0) is 33.1 Å². The van der Waals surface area contributed by atoms with Crippen LogP contribution in [-0.2, 0) is 24.4 Å². The monoisotopic (exact) mass is 534 g/mol. The zero-order chi connectivity index (χ0) is 22.2. The van der Waals surface area contributed by atoms with Crippen LogP contribution in [0, 0.1) is 5.92 Å². The summed E-state index contributed by atoms with van der Waals surface area (Å²) in [6.45, 7) is 12.4. The van der Waals surface area contributed by atoms with E-state index in [2.05, 4.69) is 33.2 Å². The molecular formula is C18H35IN2O6S. The molecule has 0 saturated heterocycles. The second-order valence-corrected chi connectivity index (χ2v) is 12.6. The van der Waals surface area contributed by atoms with Crippen LogP contribution in [0.4, 0.5) is 0 Å². The Hall–Kier alpha value is -0.460. The van der Waals surface area contributed by atoms with Gasteiger partial charge in [0.1, 0.15) is 11.8 Å². The highest BCUT2D eigenvalue weighted by molar-refractivity contribution is 14.1. The Balaban J connectivity index is 5.04. The Kier molecular flexibility index (Phi) is 11.5. The van der Waals surface area contributed by atoms with E-state index in [0.717, 1.165) is 6.42 Å². The molecule has 8 nitrogen and oxygen atoms in total. The molecule has 2 atom stereocenters. The Labute approximate surface area is 182 Å². The van der Waals surface area contributed by atoms with Crippen molar-refractivity contribution in [3.63, 3.8) is 0 Å². The van der Waals surface area contributed by atoms with Gasteiger partial charge >= 0.3 is 0 Å². The third kappa shape index (κ3) is 13.7. The molecule has 0 aliphatic carbocycles. The van der Waals surface area contributed by atoms with E-state index < -0.39 is 42.7 Å². The first-order chi connectivity index (χ1) is 12.6. The van der Waals surface area contributed by atoms with Crippen molar-refractivity contribution in [1.29, 1.82) is 0 Å². The summed E-state index contributed by atoms with van der Waals surface area (Å²) in [6, 6.07) is -1.37. The van der Waals surface area contributed by atoms with Crippen molar-refractivity contribution in [2.75, 3.05) is 19.0 Å². The average Bonchev–Trinajstić information content (AvgIpc) is 2.42. The lowest BCUT2D eigenvalue weighted by molar-refractivity contribution is -0.129. The molecule has 28 heavy (non-hydrogen) atoms. The van der Waals surface area contributed by atoms with Crippen LogP contribution in [0.2, 0.25) is 0 Å². The molecule has 10 heteroatoms. The molecule has 0 bridgehead atoms. The largest absolute Gasteiger partial charge is 0.380 e. The summed E-state index contributed by atoms with van der Waals surface area (Å²) in [5.41, 5.74) is -0.559. The van der Waals surface area contributed by atoms with Gasteiger partial charge in [-0.15, -0.1) is 0 Å². The Bertz CT molecular complexity index is 620. The minimum absolute atomic E-state index is 0.0409. The van der Waals surface area contributed by atoms with Crippen molar-refractivity contribution < 1.29 is 27.3 Å². The van der Waals surface area contributed by atoms with Crippen molar-refractivity contribution in [2.24, 2.45) is 5.92 Å². The van der Waals surface area contributed by atoms with E-state index in [9.17, 15) is 22.6 Å². The number of hydrogen-bond acceptors (Lipinski definition) is 5. The summed E-state index contributed by atoms with van der Waals surface area (Å²) in [5.74, 6) is -1.64. The van der Waals surface area contributed by atoms with Gasteiger partial charge in [-0.3, -0.25) is 14.1 Å². The number of carbonyl (C=O) groups excluding carboxylic acids is 2.